The molecule has 1 fully saturated rings. The molecule has 1 amide bonds. The number of amides is 1. The molecule has 1 aliphatic rings. The van der Waals surface area contributed by atoms with Crippen molar-refractivity contribution in [3.05, 3.63) is 52.8 Å². The molecule has 2 aromatic carbocycles. The summed E-state index contributed by atoms with van der Waals surface area (Å²) in [5, 5.41) is 2.54. The lowest BCUT2D eigenvalue weighted by atomic mass is 10.2. The first-order chi connectivity index (χ1) is 13.5. The van der Waals surface area contributed by atoms with Crippen LogP contribution in [0.1, 0.15) is 18.4 Å². The van der Waals surface area contributed by atoms with Crippen LogP contribution >= 0.6 is 23.8 Å². The van der Waals surface area contributed by atoms with Crippen LogP contribution in [0.4, 0.5) is 10.1 Å². The molecule has 0 unspecified atom stereocenters. The van der Waals surface area contributed by atoms with E-state index in [-0.39, 0.29) is 11.6 Å². The number of hydrogen-bond donors (Lipinski definition) is 1. The normalized spacial score (nSPS) is 13.3. The Bertz CT molecular complexity index is 888. The second kappa shape index (κ2) is 9.21. The summed E-state index contributed by atoms with van der Waals surface area (Å²) >= 11 is 11.3. The van der Waals surface area contributed by atoms with Crippen LogP contribution in [0.5, 0.6) is 11.5 Å². The van der Waals surface area contributed by atoms with Crippen LogP contribution in [-0.4, -0.2) is 42.6 Å². The molecule has 0 radical (unpaired) electrons. The molecule has 2 aromatic rings. The van der Waals surface area contributed by atoms with Gasteiger partial charge in [0.25, 0.3) is 5.91 Å². The van der Waals surface area contributed by atoms with Gasteiger partial charge in [-0.05, 0) is 49.2 Å². The van der Waals surface area contributed by atoms with Crippen molar-refractivity contribution in [2.75, 3.05) is 32.1 Å². The van der Waals surface area contributed by atoms with Gasteiger partial charge in [0, 0.05) is 24.3 Å². The summed E-state index contributed by atoms with van der Waals surface area (Å²) < 4.78 is 24.1. The van der Waals surface area contributed by atoms with Gasteiger partial charge in [-0.3, -0.25) is 4.79 Å². The number of benzene rings is 2. The van der Waals surface area contributed by atoms with Gasteiger partial charge in [-0.1, -0.05) is 23.8 Å². The van der Waals surface area contributed by atoms with Gasteiger partial charge in [0.15, 0.2) is 18.1 Å². The molecule has 0 saturated carbocycles. The molecule has 0 atom stereocenters. The van der Waals surface area contributed by atoms with Gasteiger partial charge in [-0.2, -0.15) is 0 Å². The summed E-state index contributed by atoms with van der Waals surface area (Å²) in [5.74, 6) is -0.0200. The van der Waals surface area contributed by atoms with E-state index in [1.165, 1.54) is 25.3 Å². The van der Waals surface area contributed by atoms with E-state index >= 15 is 0 Å². The van der Waals surface area contributed by atoms with Gasteiger partial charge >= 0.3 is 0 Å². The SMILES string of the molecule is COc1cc(C(=S)N2CCCC2)ccc1OCC(=O)Nc1ccc(F)c(Cl)c1. The third-order valence-corrected chi connectivity index (χ3v) is 5.15. The molecule has 1 N–H and O–H groups in total. The Labute approximate surface area is 173 Å². The summed E-state index contributed by atoms with van der Waals surface area (Å²) in [7, 11) is 1.53. The number of hydrogen-bond acceptors (Lipinski definition) is 4. The summed E-state index contributed by atoms with van der Waals surface area (Å²) in [5.41, 5.74) is 1.27. The first-order valence-electron chi connectivity index (χ1n) is 8.83. The van der Waals surface area contributed by atoms with Crippen molar-refractivity contribution in [3.63, 3.8) is 0 Å². The maximum atomic E-state index is 13.2. The summed E-state index contributed by atoms with van der Waals surface area (Å²) in [4.78, 5) is 15.0. The molecule has 0 bridgehead atoms. The molecule has 1 heterocycles. The minimum Gasteiger partial charge on any atom is -0.493 e. The second-order valence-corrected chi connectivity index (χ2v) is 7.12. The Morgan fingerprint density at radius 2 is 1.96 bits per heavy atom. The third kappa shape index (κ3) is 4.91. The lowest BCUT2D eigenvalue weighted by Crippen LogP contribution is -2.26. The Hall–Kier alpha value is -2.38. The van der Waals surface area contributed by atoms with Crippen LogP contribution in [0.25, 0.3) is 0 Å². The highest BCUT2D eigenvalue weighted by molar-refractivity contribution is 7.80. The first kappa shape index (κ1) is 20.4. The van der Waals surface area contributed by atoms with Crippen LogP contribution in [-0.2, 0) is 4.79 Å². The van der Waals surface area contributed by atoms with Gasteiger partial charge in [0.1, 0.15) is 10.8 Å². The average Bonchev–Trinajstić information content (AvgIpc) is 3.23. The highest BCUT2D eigenvalue weighted by Gasteiger charge is 2.18. The predicted octanol–water partition coefficient (Wildman–Crippen LogP) is 4.28. The molecule has 8 heteroatoms. The fraction of sp³-hybridized carbons (Fsp3) is 0.300. The zero-order chi connectivity index (χ0) is 20.1. The zero-order valence-corrected chi connectivity index (χ0v) is 16.9. The van der Waals surface area contributed by atoms with Crippen LogP contribution in [0.15, 0.2) is 36.4 Å². The molecule has 3 rings (SSSR count). The number of nitrogens with zero attached hydrogens (tertiary/aromatic N) is 1. The fourth-order valence-corrected chi connectivity index (χ4v) is 3.43. The monoisotopic (exact) mass is 422 g/mol. The van der Waals surface area contributed by atoms with E-state index in [9.17, 15) is 9.18 Å². The number of rotatable bonds is 6. The second-order valence-electron chi connectivity index (χ2n) is 6.33. The van der Waals surface area contributed by atoms with Crippen LogP contribution < -0.4 is 14.8 Å². The molecule has 0 aliphatic carbocycles. The smallest absolute Gasteiger partial charge is 0.262 e. The summed E-state index contributed by atoms with van der Waals surface area (Å²) in [6.07, 6.45) is 2.29. The molecule has 28 heavy (non-hydrogen) atoms. The number of anilines is 1. The van der Waals surface area contributed by atoms with E-state index < -0.39 is 11.7 Å². The minimum atomic E-state index is -0.549. The lowest BCUT2D eigenvalue weighted by Gasteiger charge is -2.19. The number of likely N-dealkylation sites (tertiary alicyclic amines) is 1. The van der Waals surface area contributed by atoms with Crippen LogP contribution in [0.3, 0.4) is 0 Å². The first-order valence-corrected chi connectivity index (χ1v) is 9.61. The Morgan fingerprint density at radius 1 is 1.21 bits per heavy atom. The quantitative estimate of drug-likeness (QED) is 0.704. The largest absolute Gasteiger partial charge is 0.493 e. The standard InChI is InChI=1S/C20H20ClFN2O3S/c1-26-18-10-13(20(28)24-8-2-3-9-24)4-7-17(18)27-12-19(25)23-14-5-6-16(22)15(21)11-14/h4-7,10-11H,2-3,8-9,12H2,1H3,(H,23,25). The minimum absolute atomic E-state index is 0.0649. The van der Waals surface area contributed by atoms with Crippen molar-refractivity contribution in [2.45, 2.75) is 12.8 Å². The molecule has 5 nitrogen and oxygen atoms in total. The molecule has 148 valence electrons. The van der Waals surface area contributed by atoms with Crippen molar-refractivity contribution in [3.8, 4) is 11.5 Å². The number of methoxy groups -OCH3 is 1. The van der Waals surface area contributed by atoms with E-state index in [0.717, 1.165) is 36.5 Å². The molecule has 1 aliphatic heterocycles. The highest BCUT2D eigenvalue weighted by atomic mass is 35.5. The zero-order valence-electron chi connectivity index (χ0n) is 15.3. The lowest BCUT2D eigenvalue weighted by molar-refractivity contribution is -0.118. The Kier molecular flexibility index (Phi) is 6.70. The van der Waals surface area contributed by atoms with Gasteiger partial charge in [-0.15, -0.1) is 0 Å². The number of carbonyl (C=O) groups is 1. The van der Waals surface area contributed by atoms with Crippen molar-refractivity contribution < 1.29 is 18.7 Å². The number of nitrogens with one attached hydrogen (secondary N) is 1. The number of carbonyl (C=O) groups excluding carboxylic acids is 1. The average molecular weight is 423 g/mol. The van der Waals surface area contributed by atoms with Crippen molar-refractivity contribution >= 4 is 40.4 Å². The van der Waals surface area contributed by atoms with Gasteiger partial charge in [0.05, 0.1) is 12.1 Å². The number of halogens is 2. The van der Waals surface area contributed by atoms with Gasteiger partial charge in [-0.25, -0.2) is 4.39 Å². The molecule has 0 spiro atoms. The van der Waals surface area contributed by atoms with Crippen LogP contribution in [0, 0.1) is 5.82 Å². The van der Waals surface area contributed by atoms with E-state index in [0.29, 0.717) is 17.2 Å². The van der Waals surface area contributed by atoms with E-state index in [4.69, 9.17) is 33.3 Å². The van der Waals surface area contributed by atoms with Crippen molar-refractivity contribution in [1.29, 1.82) is 0 Å². The number of ether oxygens (including phenoxy) is 2. The Balaban J connectivity index is 1.62. The van der Waals surface area contributed by atoms with Gasteiger partial charge in [0.2, 0.25) is 0 Å². The molecular weight excluding hydrogens is 403 g/mol. The number of thiocarbonyl (C=S) groups is 1. The molecule has 1 saturated heterocycles. The summed E-state index contributed by atoms with van der Waals surface area (Å²) in [6.45, 7) is 1.70. The maximum Gasteiger partial charge on any atom is 0.262 e. The fourth-order valence-electron chi connectivity index (χ4n) is 2.94. The topological polar surface area (TPSA) is 50.8 Å². The van der Waals surface area contributed by atoms with Crippen LogP contribution in [0.2, 0.25) is 5.02 Å². The third-order valence-electron chi connectivity index (χ3n) is 4.37. The van der Waals surface area contributed by atoms with Gasteiger partial charge < -0.3 is 19.7 Å². The van der Waals surface area contributed by atoms with E-state index in [1.54, 1.807) is 6.07 Å². The Morgan fingerprint density at radius 3 is 2.64 bits per heavy atom. The predicted molar refractivity (Wildman–Crippen MR) is 111 cm³/mol. The van der Waals surface area contributed by atoms with E-state index in [2.05, 4.69) is 10.2 Å². The highest BCUT2D eigenvalue weighted by Crippen LogP contribution is 2.29. The van der Waals surface area contributed by atoms with E-state index in [1.807, 2.05) is 12.1 Å². The molecule has 0 aromatic heterocycles. The van der Waals surface area contributed by atoms with Crippen molar-refractivity contribution in [1.82, 2.24) is 4.90 Å². The molecular formula is C20H20ClFN2O3S. The maximum absolute atomic E-state index is 13.2. The van der Waals surface area contributed by atoms with Crippen molar-refractivity contribution in [2.24, 2.45) is 0 Å². The summed E-state index contributed by atoms with van der Waals surface area (Å²) in [6, 6.07) is 9.35.